The van der Waals surface area contributed by atoms with E-state index in [1.54, 1.807) is 0 Å². The first-order valence-electron chi connectivity index (χ1n) is 6.23. The molecule has 0 aromatic carbocycles. The summed E-state index contributed by atoms with van der Waals surface area (Å²) < 4.78 is 0. The van der Waals surface area contributed by atoms with Crippen molar-refractivity contribution >= 4 is 5.91 Å². The molecule has 0 aromatic rings. The monoisotopic (exact) mass is 212 g/mol. The number of carbonyl (C=O) groups excluding carboxylic acids is 1. The van der Waals surface area contributed by atoms with E-state index in [0.717, 1.165) is 38.6 Å². The first kappa shape index (κ1) is 12.5. The van der Waals surface area contributed by atoms with Crippen molar-refractivity contribution < 1.29 is 4.79 Å². The lowest BCUT2D eigenvalue weighted by molar-refractivity contribution is -0.131. The topological polar surface area (TPSA) is 55.1 Å². The molecule has 0 aromatic heterocycles. The van der Waals surface area contributed by atoms with Crippen LogP contribution in [-0.2, 0) is 4.79 Å². The highest BCUT2D eigenvalue weighted by atomic mass is 16.2. The van der Waals surface area contributed by atoms with Crippen LogP contribution in [0.25, 0.3) is 0 Å². The van der Waals surface area contributed by atoms with Crippen molar-refractivity contribution in [1.82, 2.24) is 5.32 Å². The van der Waals surface area contributed by atoms with E-state index in [4.69, 9.17) is 5.73 Å². The molecular weight excluding hydrogens is 188 g/mol. The predicted octanol–water partition coefficient (Wildman–Crippen LogP) is 1.81. The molecule has 0 heterocycles. The van der Waals surface area contributed by atoms with Crippen LogP contribution < -0.4 is 11.1 Å². The Morgan fingerprint density at radius 1 is 1.40 bits per heavy atom. The first-order chi connectivity index (χ1) is 7.25. The molecule has 1 amide bonds. The second-order valence-corrected chi connectivity index (χ2v) is 4.64. The van der Waals surface area contributed by atoms with Crippen LogP contribution in [0.5, 0.6) is 0 Å². The molecule has 0 radical (unpaired) electrons. The number of hydrogen-bond acceptors (Lipinski definition) is 2. The van der Waals surface area contributed by atoms with Gasteiger partial charge in [0.2, 0.25) is 5.91 Å². The van der Waals surface area contributed by atoms with E-state index in [1.165, 1.54) is 12.8 Å². The second-order valence-electron chi connectivity index (χ2n) is 4.64. The molecule has 1 fully saturated rings. The van der Waals surface area contributed by atoms with E-state index < -0.39 is 0 Å². The highest BCUT2D eigenvalue weighted by molar-refractivity contribution is 5.82. The molecule has 0 atom stereocenters. The third-order valence-corrected chi connectivity index (χ3v) is 3.48. The maximum Gasteiger partial charge on any atom is 0.226 e. The van der Waals surface area contributed by atoms with E-state index in [2.05, 4.69) is 12.2 Å². The lowest BCUT2D eigenvalue weighted by atomic mass is 9.81. The summed E-state index contributed by atoms with van der Waals surface area (Å²) in [7, 11) is 0. The zero-order valence-electron chi connectivity index (χ0n) is 9.85. The molecule has 0 aliphatic heterocycles. The van der Waals surface area contributed by atoms with Crippen molar-refractivity contribution in [2.45, 2.75) is 51.9 Å². The molecule has 3 heteroatoms. The van der Waals surface area contributed by atoms with E-state index in [1.807, 2.05) is 0 Å². The largest absolute Gasteiger partial charge is 0.356 e. The molecule has 0 unspecified atom stereocenters. The Balaban J connectivity index is 2.44. The van der Waals surface area contributed by atoms with Gasteiger partial charge in [0.1, 0.15) is 0 Å². The number of amides is 1. The fraction of sp³-hybridized carbons (Fsp3) is 0.917. The van der Waals surface area contributed by atoms with Crippen LogP contribution in [0.3, 0.4) is 0 Å². The van der Waals surface area contributed by atoms with Crippen molar-refractivity contribution in [3.63, 3.8) is 0 Å². The first-order valence-corrected chi connectivity index (χ1v) is 6.23. The summed E-state index contributed by atoms with van der Waals surface area (Å²) in [6.45, 7) is 3.58. The zero-order valence-corrected chi connectivity index (χ0v) is 9.85. The van der Waals surface area contributed by atoms with Crippen LogP contribution in [0.2, 0.25) is 0 Å². The minimum absolute atomic E-state index is 0.123. The van der Waals surface area contributed by atoms with Gasteiger partial charge in [-0.3, -0.25) is 4.79 Å². The molecule has 3 N–H and O–H groups in total. The van der Waals surface area contributed by atoms with Crippen molar-refractivity contribution in [3.05, 3.63) is 0 Å². The minimum atomic E-state index is -0.123. The Hall–Kier alpha value is -0.570. The van der Waals surface area contributed by atoms with Gasteiger partial charge in [0.15, 0.2) is 0 Å². The number of nitrogens with two attached hydrogens (primary N) is 1. The van der Waals surface area contributed by atoms with Gasteiger partial charge in [-0.2, -0.15) is 0 Å². The Morgan fingerprint density at radius 3 is 2.60 bits per heavy atom. The standard InChI is InChI=1S/C12H24N2O/c1-2-3-10-14-11(15)12(8-9-13)6-4-5-7-12/h2-10,13H2,1H3,(H,14,15). The molecular formula is C12H24N2O. The number of hydrogen-bond donors (Lipinski definition) is 2. The molecule has 0 bridgehead atoms. The smallest absolute Gasteiger partial charge is 0.226 e. The average molecular weight is 212 g/mol. The van der Waals surface area contributed by atoms with Crippen molar-refractivity contribution in [2.75, 3.05) is 13.1 Å². The Bertz CT molecular complexity index is 198. The highest BCUT2D eigenvalue weighted by Crippen LogP contribution is 2.40. The maximum atomic E-state index is 12.1. The minimum Gasteiger partial charge on any atom is -0.356 e. The van der Waals surface area contributed by atoms with Crippen molar-refractivity contribution in [2.24, 2.45) is 11.1 Å². The van der Waals surface area contributed by atoms with Gasteiger partial charge in [0.25, 0.3) is 0 Å². The third-order valence-electron chi connectivity index (χ3n) is 3.48. The molecule has 3 nitrogen and oxygen atoms in total. The van der Waals surface area contributed by atoms with Crippen LogP contribution in [0, 0.1) is 5.41 Å². The molecule has 1 aliphatic rings. The quantitative estimate of drug-likeness (QED) is 0.660. The fourth-order valence-corrected chi connectivity index (χ4v) is 2.48. The number of unbranched alkanes of at least 4 members (excludes halogenated alkanes) is 1. The van der Waals surface area contributed by atoms with Gasteiger partial charge >= 0.3 is 0 Å². The summed E-state index contributed by atoms with van der Waals surface area (Å²) in [5.74, 6) is 0.249. The predicted molar refractivity (Wildman–Crippen MR) is 62.5 cm³/mol. The fourth-order valence-electron chi connectivity index (χ4n) is 2.48. The van der Waals surface area contributed by atoms with Gasteiger partial charge in [0.05, 0.1) is 5.41 Å². The van der Waals surface area contributed by atoms with Gasteiger partial charge in [-0.15, -0.1) is 0 Å². The average Bonchev–Trinajstić information content (AvgIpc) is 2.68. The van der Waals surface area contributed by atoms with Crippen LogP contribution in [-0.4, -0.2) is 19.0 Å². The Kier molecular flexibility index (Phi) is 5.09. The zero-order chi connectivity index (χ0) is 11.1. The van der Waals surface area contributed by atoms with Crippen molar-refractivity contribution in [3.8, 4) is 0 Å². The van der Waals surface area contributed by atoms with Crippen LogP contribution >= 0.6 is 0 Å². The van der Waals surface area contributed by atoms with Gasteiger partial charge in [-0.1, -0.05) is 26.2 Å². The molecule has 88 valence electrons. The summed E-state index contributed by atoms with van der Waals surface area (Å²) in [4.78, 5) is 12.1. The van der Waals surface area contributed by atoms with Gasteiger partial charge in [-0.25, -0.2) is 0 Å². The Labute approximate surface area is 92.8 Å². The summed E-state index contributed by atoms with van der Waals surface area (Å²) >= 11 is 0. The summed E-state index contributed by atoms with van der Waals surface area (Å²) in [5.41, 5.74) is 5.48. The molecule has 0 spiro atoms. The van der Waals surface area contributed by atoms with Gasteiger partial charge in [-0.05, 0) is 32.2 Å². The van der Waals surface area contributed by atoms with Crippen LogP contribution in [0.1, 0.15) is 51.9 Å². The highest BCUT2D eigenvalue weighted by Gasteiger charge is 2.39. The Morgan fingerprint density at radius 2 is 2.07 bits per heavy atom. The number of carbonyl (C=O) groups is 1. The van der Waals surface area contributed by atoms with E-state index in [9.17, 15) is 4.79 Å². The van der Waals surface area contributed by atoms with Gasteiger partial charge < -0.3 is 11.1 Å². The number of nitrogens with one attached hydrogen (secondary N) is 1. The lowest BCUT2D eigenvalue weighted by Gasteiger charge is -2.27. The molecule has 1 aliphatic carbocycles. The maximum absolute atomic E-state index is 12.1. The van der Waals surface area contributed by atoms with E-state index in [-0.39, 0.29) is 11.3 Å². The summed E-state index contributed by atoms with van der Waals surface area (Å²) in [5, 5.41) is 3.06. The lowest BCUT2D eigenvalue weighted by Crippen LogP contribution is -2.40. The van der Waals surface area contributed by atoms with Crippen LogP contribution in [0.4, 0.5) is 0 Å². The van der Waals surface area contributed by atoms with Crippen molar-refractivity contribution in [1.29, 1.82) is 0 Å². The van der Waals surface area contributed by atoms with E-state index >= 15 is 0 Å². The van der Waals surface area contributed by atoms with Gasteiger partial charge in [0, 0.05) is 6.54 Å². The van der Waals surface area contributed by atoms with E-state index in [0.29, 0.717) is 6.54 Å². The van der Waals surface area contributed by atoms with Crippen LogP contribution in [0.15, 0.2) is 0 Å². The molecule has 0 saturated heterocycles. The summed E-state index contributed by atoms with van der Waals surface area (Å²) in [6.07, 6.45) is 7.48. The molecule has 1 rings (SSSR count). The summed E-state index contributed by atoms with van der Waals surface area (Å²) in [6, 6.07) is 0. The molecule has 1 saturated carbocycles. The second kappa shape index (κ2) is 6.11. The normalized spacial score (nSPS) is 19.1. The third kappa shape index (κ3) is 3.20. The SMILES string of the molecule is CCCCNC(=O)C1(CCN)CCCC1. The number of rotatable bonds is 6. The molecule has 15 heavy (non-hydrogen) atoms.